The Morgan fingerprint density at radius 3 is 2.36 bits per heavy atom. The first-order valence-corrected chi connectivity index (χ1v) is 3.66. The molecule has 0 amide bonds. The van der Waals surface area contributed by atoms with E-state index < -0.39 is 5.97 Å². The Bertz CT molecular complexity index is 200. The fraction of sp³-hybridized carbons (Fsp3) is 0.625. The van der Waals surface area contributed by atoms with Crippen molar-refractivity contribution < 1.29 is 32.3 Å². The number of allylic oxidation sites excluding steroid dienone is 2. The van der Waals surface area contributed by atoms with E-state index in [2.05, 4.69) is 6.08 Å². The minimum Gasteiger partial charge on any atom is -0.550 e. The first-order valence-electron chi connectivity index (χ1n) is 3.66. The predicted octanol–water partition coefficient (Wildman–Crippen LogP) is -0.0540. The van der Waals surface area contributed by atoms with Crippen molar-refractivity contribution in [3.8, 4) is 0 Å². The van der Waals surface area contributed by atoms with Crippen LogP contribution in [0.5, 0.6) is 0 Å². The molecule has 1 fully saturated rings. The van der Waals surface area contributed by atoms with Crippen LogP contribution >= 0.6 is 0 Å². The summed E-state index contributed by atoms with van der Waals surface area (Å²) < 4.78 is 0. The number of rotatable bonds is 1. The number of aliphatic carboxylic acids is 1. The third kappa shape index (κ3) is 1.43. The molecule has 3 heteroatoms. The molecule has 0 N–H and O–H groups in total. The number of carbonyl (C=O) groups is 1. The van der Waals surface area contributed by atoms with Crippen molar-refractivity contribution in [1.29, 1.82) is 0 Å². The Balaban J connectivity index is 0.000000605. The van der Waals surface area contributed by atoms with Crippen LogP contribution in [0.1, 0.15) is 12.8 Å². The van der Waals surface area contributed by atoms with Crippen LogP contribution in [0.25, 0.3) is 0 Å². The molecule has 1 saturated carbocycles. The summed E-state index contributed by atoms with van der Waals surface area (Å²) in [5, 5.41) is 10.4. The van der Waals surface area contributed by atoms with Crippen molar-refractivity contribution in [2.24, 2.45) is 17.8 Å². The molecule has 0 aromatic heterocycles. The molecule has 2 rings (SSSR count). The maximum atomic E-state index is 10.4. The molecule has 2 aliphatic carbocycles. The topological polar surface area (TPSA) is 40.1 Å². The molecule has 64 valence electrons. The largest absolute Gasteiger partial charge is 1.00 e. The van der Waals surface area contributed by atoms with Crippen molar-refractivity contribution >= 4 is 5.97 Å². The van der Waals surface area contributed by atoms with Crippen LogP contribution in [0.15, 0.2) is 12.2 Å². The summed E-state index contributed by atoms with van der Waals surface area (Å²) in [6, 6.07) is 0. The number of carboxylic acid groups (broad SMARTS) is 1. The third-order valence-corrected chi connectivity index (χ3v) is 2.58. The van der Waals surface area contributed by atoms with E-state index in [4.69, 9.17) is 0 Å². The van der Waals surface area contributed by atoms with E-state index in [1.165, 1.54) is 0 Å². The molecule has 0 radical (unpaired) electrons. The van der Waals surface area contributed by atoms with Gasteiger partial charge in [-0.25, -0.2) is 0 Å². The Morgan fingerprint density at radius 1 is 1.36 bits per heavy atom. The van der Waals surface area contributed by atoms with E-state index >= 15 is 0 Å². The number of hydrogen-bond donors (Lipinski definition) is 0. The SMILES string of the molecule is O=C([O-])C1CC2C=CC1C2.[Ag+]. The van der Waals surface area contributed by atoms with E-state index in [-0.39, 0.29) is 34.2 Å². The minimum atomic E-state index is -0.864. The minimum absolute atomic E-state index is 0. The second kappa shape index (κ2) is 3.13. The summed E-state index contributed by atoms with van der Waals surface area (Å²) in [7, 11) is 0. The van der Waals surface area contributed by atoms with Crippen LogP contribution in [-0.4, -0.2) is 5.97 Å². The molecule has 0 aliphatic heterocycles. The van der Waals surface area contributed by atoms with Gasteiger partial charge in [-0.15, -0.1) is 0 Å². The normalized spacial score (nSPS) is 38.7. The molecule has 2 aliphatic rings. The zero-order valence-corrected chi connectivity index (χ0v) is 7.40. The summed E-state index contributed by atoms with van der Waals surface area (Å²) in [6.45, 7) is 0. The Kier molecular flexibility index (Phi) is 2.58. The van der Waals surface area contributed by atoms with E-state index in [0.29, 0.717) is 5.92 Å². The van der Waals surface area contributed by atoms with Crippen molar-refractivity contribution in [3.63, 3.8) is 0 Å². The van der Waals surface area contributed by atoms with Gasteiger partial charge in [0.1, 0.15) is 0 Å². The molecule has 2 nitrogen and oxygen atoms in total. The zero-order valence-electron chi connectivity index (χ0n) is 5.92. The summed E-state index contributed by atoms with van der Waals surface area (Å²) in [4.78, 5) is 10.4. The average molecular weight is 245 g/mol. The Morgan fingerprint density at radius 2 is 2.09 bits per heavy atom. The van der Waals surface area contributed by atoms with Crippen molar-refractivity contribution in [2.45, 2.75) is 12.8 Å². The Labute approximate surface area is 81.2 Å². The van der Waals surface area contributed by atoms with E-state index in [1.54, 1.807) is 0 Å². The van der Waals surface area contributed by atoms with Gasteiger partial charge in [0.25, 0.3) is 0 Å². The second-order valence-electron chi connectivity index (χ2n) is 3.21. The molecular formula is C8H9AgO2. The van der Waals surface area contributed by atoms with Gasteiger partial charge >= 0.3 is 22.4 Å². The van der Waals surface area contributed by atoms with Gasteiger partial charge in [-0.1, -0.05) is 12.2 Å². The maximum absolute atomic E-state index is 10.4. The maximum Gasteiger partial charge on any atom is 1.00 e. The van der Waals surface area contributed by atoms with Crippen molar-refractivity contribution in [2.75, 3.05) is 0 Å². The summed E-state index contributed by atoms with van der Waals surface area (Å²) in [5.74, 6) is -0.227. The van der Waals surface area contributed by atoms with E-state index in [0.717, 1.165) is 12.8 Å². The fourth-order valence-corrected chi connectivity index (χ4v) is 2.05. The standard InChI is InChI=1S/C8H10O2.Ag/c9-8(10)7-4-5-1-2-6(7)3-5;/h1-2,5-7H,3-4H2,(H,9,10);/q;+1/p-1. The second-order valence-corrected chi connectivity index (χ2v) is 3.21. The van der Waals surface area contributed by atoms with Crippen LogP contribution in [0.4, 0.5) is 0 Å². The molecule has 11 heavy (non-hydrogen) atoms. The monoisotopic (exact) mass is 244 g/mol. The van der Waals surface area contributed by atoms with E-state index in [1.807, 2.05) is 6.08 Å². The van der Waals surface area contributed by atoms with Crippen molar-refractivity contribution in [3.05, 3.63) is 12.2 Å². The van der Waals surface area contributed by atoms with Crippen LogP contribution < -0.4 is 5.11 Å². The van der Waals surface area contributed by atoms with Crippen LogP contribution in [0, 0.1) is 17.8 Å². The fourth-order valence-electron chi connectivity index (χ4n) is 2.05. The van der Waals surface area contributed by atoms with Gasteiger partial charge in [0.2, 0.25) is 0 Å². The summed E-state index contributed by atoms with van der Waals surface area (Å²) in [6.07, 6.45) is 6.00. The number of hydrogen-bond acceptors (Lipinski definition) is 2. The smallest absolute Gasteiger partial charge is 0.550 e. The number of fused-ring (bicyclic) bond motifs is 2. The van der Waals surface area contributed by atoms with Gasteiger partial charge < -0.3 is 9.90 Å². The molecule has 3 atom stereocenters. The summed E-state index contributed by atoms with van der Waals surface area (Å²) in [5.41, 5.74) is 0. The van der Waals surface area contributed by atoms with Crippen molar-refractivity contribution in [1.82, 2.24) is 0 Å². The third-order valence-electron chi connectivity index (χ3n) is 2.58. The van der Waals surface area contributed by atoms with Crippen LogP contribution in [0.2, 0.25) is 0 Å². The van der Waals surface area contributed by atoms with Gasteiger partial charge in [-0.05, 0) is 24.7 Å². The van der Waals surface area contributed by atoms with Crippen LogP contribution in [0.3, 0.4) is 0 Å². The Hall–Kier alpha value is -0.0497. The van der Waals surface area contributed by atoms with Gasteiger partial charge in [-0.3, -0.25) is 0 Å². The molecule has 0 aromatic rings. The number of carboxylic acids is 1. The average Bonchev–Trinajstić information content (AvgIpc) is 2.44. The molecule has 0 aromatic carbocycles. The summed E-state index contributed by atoms with van der Waals surface area (Å²) >= 11 is 0. The van der Waals surface area contributed by atoms with Crippen LogP contribution in [-0.2, 0) is 27.2 Å². The zero-order chi connectivity index (χ0) is 7.14. The van der Waals surface area contributed by atoms with Gasteiger partial charge in [0, 0.05) is 11.9 Å². The molecule has 3 unspecified atom stereocenters. The van der Waals surface area contributed by atoms with E-state index in [9.17, 15) is 9.90 Å². The quantitative estimate of drug-likeness (QED) is 0.480. The first kappa shape index (κ1) is 9.04. The molecule has 0 heterocycles. The molecule has 2 bridgehead atoms. The molecule has 0 spiro atoms. The van der Waals surface area contributed by atoms with Gasteiger partial charge in [0.15, 0.2) is 0 Å². The number of carbonyl (C=O) groups excluding carboxylic acids is 1. The first-order chi connectivity index (χ1) is 4.77. The molecular weight excluding hydrogens is 236 g/mol. The van der Waals surface area contributed by atoms with Gasteiger partial charge in [0.05, 0.1) is 0 Å². The van der Waals surface area contributed by atoms with Gasteiger partial charge in [-0.2, -0.15) is 0 Å². The predicted molar refractivity (Wildman–Crippen MR) is 33.9 cm³/mol. The molecule has 0 saturated heterocycles.